The number of methoxy groups -OCH3 is 1. The number of carbonyl (C=O) groups is 1. The standard InChI is InChI=1S/C20H26O4/c1-20-8-7-13-12(15(20)5-6-17(20)23)3-4-14-18(13)11(10-21)9-16(22)19(14)24-2/h9-10,12-13,15,17,22-23H,3-8H2,1-2H3/t12-,13+,15+,17+,20+/m1/s1. The van der Waals surface area contributed by atoms with Gasteiger partial charge in [-0.2, -0.15) is 0 Å². The molecule has 0 aliphatic heterocycles. The Morgan fingerprint density at radius 1 is 1.29 bits per heavy atom. The Labute approximate surface area is 142 Å². The molecule has 0 radical (unpaired) electrons. The van der Waals surface area contributed by atoms with Crippen molar-refractivity contribution in [3.63, 3.8) is 0 Å². The predicted molar refractivity (Wildman–Crippen MR) is 90.7 cm³/mol. The van der Waals surface area contributed by atoms with Gasteiger partial charge >= 0.3 is 0 Å². The average Bonchev–Trinajstić information content (AvgIpc) is 2.89. The van der Waals surface area contributed by atoms with Crippen molar-refractivity contribution in [2.45, 2.75) is 57.5 Å². The van der Waals surface area contributed by atoms with E-state index >= 15 is 0 Å². The number of aldehydes is 1. The lowest BCUT2D eigenvalue weighted by atomic mass is 9.55. The molecule has 4 heteroatoms. The lowest BCUT2D eigenvalue weighted by Gasteiger charge is -2.50. The summed E-state index contributed by atoms with van der Waals surface area (Å²) in [6.45, 7) is 2.25. The van der Waals surface area contributed by atoms with Crippen LogP contribution in [0.2, 0.25) is 0 Å². The summed E-state index contributed by atoms with van der Waals surface area (Å²) >= 11 is 0. The highest BCUT2D eigenvalue weighted by Crippen LogP contribution is 2.62. The summed E-state index contributed by atoms with van der Waals surface area (Å²) in [5.41, 5.74) is 2.75. The van der Waals surface area contributed by atoms with Crippen LogP contribution in [-0.4, -0.2) is 29.7 Å². The van der Waals surface area contributed by atoms with Gasteiger partial charge in [0, 0.05) is 11.1 Å². The van der Waals surface area contributed by atoms with Gasteiger partial charge in [0.15, 0.2) is 11.5 Å². The van der Waals surface area contributed by atoms with E-state index in [1.165, 1.54) is 0 Å². The van der Waals surface area contributed by atoms with Crippen molar-refractivity contribution in [2.24, 2.45) is 17.3 Å². The molecule has 0 saturated heterocycles. The number of benzene rings is 1. The highest BCUT2D eigenvalue weighted by Gasteiger charge is 2.55. The highest BCUT2D eigenvalue weighted by molar-refractivity contribution is 5.81. The number of phenolic OH excluding ortho intramolecular Hbond substituents is 1. The molecule has 3 aliphatic carbocycles. The monoisotopic (exact) mass is 330 g/mol. The van der Waals surface area contributed by atoms with Crippen LogP contribution in [0, 0.1) is 17.3 Å². The molecule has 4 nitrogen and oxygen atoms in total. The first-order valence-corrected chi connectivity index (χ1v) is 9.07. The lowest BCUT2D eigenvalue weighted by Crippen LogP contribution is -2.44. The molecule has 130 valence electrons. The van der Waals surface area contributed by atoms with Gasteiger partial charge in [-0.1, -0.05) is 6.92 Å². The summed E-state index contributed by atoms with van der Waals surface area (Å²) in [5, 5.41) is 20.7. The summed E-state index contributed by atoms with van der Waals surface area (Å²) in [4.78, 5) is 11.7. The maximum absolute atomic E-state index is 11.7. The number of aromatic hydroxyl groups is 1. The summed E-state index contributed by atoms with van der Waals surface area (Å²) < 4.78 is 5.44. The second-order valence-corrected chi connectivity index (χ2v) is 8.08. The number of hydrogen-bond acceptors (Lipinski definition) is 4. The maximum Gasteiger partial charge on any atom is 0.163 e. The van der Waals surface area contributed by atoms with Crippen molar-refractivity contribution in [1.29, 1.82) is 0 Å². The Morgan fingerprint density at radius 2 is 2.08 bits per heavy atom. The van der Waals surface area contributed by atoms with E-state index in [1.54, 1.807) is 13.2 Å². The van der Waals surface area contributed by atoms with Crippen LogP contribution in [0.25, 0.3) is 0 Å². The number of fused-ring (bicyclic) bond motifs is 5. The fourth-order valence-electron chi connectivity index (χ4n) is 6.08. The zero-order chi connectivity index (χ0) is 17.1. The van der Waals surface area contributed by atoms with Crippen molar-refractivity contribution in [1.82, 2.24) is 0 Å². The first-order valence-electron chi connectivity index (χ1n) is 9.07. The van der Waals surface area contributed by atoms with Crippen LogP contribution in [0.15, 0.2) is 6.07 Å². The number of aliphatic hydroxyl groups excluding tert-OH is 1. The second-order valence-electron chi connectivity index (χ2n) is 8.08. The molecule has 5 atom stereocenters. The lowest BCUT2D eigenvalue weighted by molar-refractivity contribution is -0.0228. The molecule has 2 saturated carbocycles. The quantitative estimate of drug-likeness (QED) is 0.815. The summed E-state index contributed by atoms with van der Waals surface area (Å²) in [7, 11) is 1.58. The number of aliphatic hydroxyl groups is 1. The molecular weight excluding hydrogens is 304 g/mol. The minimum Gasteiger partial charge on any atom is -0.504 e. The molecule has 0 amide bonds. The molecule has 0 heterocycles. The number of hydrogen-bond donors (Lipinski definition) is 2. The molecule has 0 spiro atoms. The van der Waals surface area contributed by atoms with E-state index in [4.69, 9.17) is 4.74 Å². The molecule has 1 aromatic carbocycles. The summed E-state index contributed by atoms with van der Waals surface area (Å²) in [6.07, 6.45) is 6.54. The number of ether oxygens (including phenoxy) is 1. The van der Waals surface area contributed by atoms with Gasteiger partial charge in [0.2, 0.25) is 0 Å². The van der Waals surface area contributed by atoms with Crippen LogP contribution in [0.4, 0.5) is 0 Å². The van der Waals surface area contributed by atoms with Crippen LogP contribution in [0.3, 0.4) is 0 Å². The first-order chi connectivity index (χ1) is 11.5. The van der Waals surface area contributed by atoms with E-state index in [2.05, 4.69) is 6.92 Å². The Bertz CT molecular complexity index is 683. The summed E-state index contributed by atoms with van der Waals surface area (Å²) in [6, 6.07) is 1.56. The highest BCUT2D eigenvalue weighted by atomic mass is 16.5. The fourth-order valence-corrected chi connectivity index (χ4v) is 6.08. The predicted octanol–water partition coefficient (Wildman–Crippen LogP) is 3.43. The number of phenols is 1. The largest absolute Gasteiger partial charge is 0.504 e. The van der Waals surface area contributed by atoms with Crippen LogP contribution in [0.5, 0.6) is 11.5 Å². The molecule has 0 bridgehead atoms. The third-order valence-electron chi connectivity index (χ3n) is 7.25. The van der Waals surface area contributed by atoms with Gasteiger partial charge in [0.25, 0.3) is 0 Å². The molecule has 4 rings (SSSR count). The van der Waals surface area contributed by atoms with Crippen LogP contribution >= 0.6 is 0 Å². The van der Waals surface area contributed by atoms with Gasteiger partial charge < -0.3 is 14.9 Å². The molecular formula is C20H26O4. The fraction of sp³-hybridized carbons (Fsp3) is 0.650. The van der Waals surface area contributed by atoms with Gasteiger partial charge in [-0.25, -0.2) is 0 Å². The van der Waals surface area contributed by atoms with Gasteiger partial charge in [0.1, 0.15) is 6.29 Å². The molecule has 3 aliphatic rings. The van der Waals surface area contributed by atoms with Gasteiger partial charge in [-0.3, -0.25) is 4.79 Å². The summed E-state index contributed by atoms with van der Waals surface area (Å²) in [5.74, 6) is 1.98. The van der Waals surface area contributed by atoms with E-state index in [0.717, 1.165) is 55.9 Å². The van der Waals surface area contributed by atoms with Crippen molar-refractivity contribution >= 4 is 6.29 Å². The van der Waals surface area contributed by atoms with Crippen LogP contribution in [-0.2, 0) is 6.42 Å². The Balaban J connectivity index is 1.81. The van der Waals surface area contributed by atoms with Crippen LogP contribution in [0.1, 0.15) is 66.4 Å². The molecule has 2 N–H and O–H groups in total. The number of carbonyl (C=O) groups excluding carboxylic acids is 1. The number of rotatable bonds is 2. The molecule has 24 heavy (non-hydrogen) atoms. The van der Waals surface area contributed by atoms with Crippen LogP contribution < -0.4 is 4.74 Å². The SMILES string of the molecule is COc1c(O)cc(C=O)c2c1CC[C@@H]1[C@@H]2CC[C@]2(C)[C@@H](O)CC[C@@H]12. The van der Waals surface area contributed by atoms with Crippen molar-refractivity contribution < 1.29 is 19.7 Å². The van der Waals surface area contributed by atoms with Crippen molar-refractivity contribution in [2.75, 3.05) is 7.11 Å². The van der Waals surface area contributed by atoms with Crippen molar-refractivity contribution in [3.05, 3.63) is 22.8 Å². The molecule has 0 aromatic heterocycles. The maximum atomic E-state index is 11.7. The first kappa shape index (κ1) is 15.9. The normalized spacial score (nSPS) is 37.3. The molecule has 1 aromatic rings. The van der Waals surface area contributed by atoms with Gasteiger partial charge in [-0.05, 0) is 73.3 Å². The Morgan fingerprint density at radius 3 is 2.79 bits per heavy atom. The second kappa shape index (κ2) is 5.48. The van der Waals surface area contributed by atoms with E-state index in [1.807, 2.05) is 0 Å². The van der Waals surface area contributed by atoms with E-state index in [9.17, 15) is 15.0 Å². The van der Waals surface area contributed by atoms with Crippen molar-refractivity contribution in [3.8, 4) is 11.5 Å². The molecule has 0 unspecified atom stereocenters. The smallest absolute Gasteiger partial charge is 0.163 e. The Kier molecular flexibility index (Phi) is 3.64. The minimum atomic E-state index is -0.190. The van der Waals surface area contributed by atoms with Gasteiger partial charge in [0.05, 0.1) is 13.2 Å². The van der Waals surface area contributed by atoms with E-state index < -0.39 is 0 Å². The Hall–Kier alpha value is -1.55. The topological polar surface area (TPSA) is 66.8 Å². The third kappa shape index (κ3) is 1.98. The zero-order valence-corrected chi connectivity index (χ0v) is 14.4. The third-order valence-corrected chi connectivity index (χ3v) is 7.25. The molecule has 2 fully saturated rings. The van der Waals surface area contributed by atoms with Gasteiger partial charge in [-0.15, -0.1) is 0 Å². The minimum absolute atomic E-state index is 0.0288. The van der Waals surface area contributed by atoms with E-state index in [0.29, 0.717) is 29.1 Å². The average molecular weight is 330 g/mol. The van der Waals surface area contributed by atoms with E-state index in [-0.39, 0.29) is 17.3 Å². The zero-order valence-electron chi connectivity index (χ0n) is 14.4.